The molecule has 0 bridgehead atoms. The number of pyridine rings is 1. The molecule has 0 amide bonds. The molecule has 2 aliphatic rings. The number of fused-ring (bicyclic) bond motifs is 1. The van der Waals surface area contributed by atoms with Crippen LogP contribution >= 0.6 is 0 Å². The van der Waals surface area contributed by atoms with Gasteiger partial charge in [-0.15, -0.1) is 0 Å². The zero-order valence-corrected chi connectivity index (χ0v) is 13.9. The highest BCUT2D eigenvalue weighted by molar-refractivity contribution is 5.78. The van der Waals surface area contributed by atoms with E-state index in [0.29, 0.717) is 17.9 Å². The first-order valence-electron chi connectivity index (χ1n) is 8.81. The van der Waals surface area contributed by atoms with Crippen LogP contribution in [-0.2, 0) is 7.05 Å². The van der Waals surface area contributed by atoms with Gasteiger partial charge >= 0.3 is 0 Å². The van der Waals surface area contributed by atoms with Gasteiger partial charge < -0.3 is 5.73 Å². The van der Waals surface area contributed by atoms with Gasteiger partial charge in [-0.2, -0.15) is 10.2 Å². The summed E-state index contributed by atoms with van der Waals surface area (Å²) in [6.45, 7) is 0.794. The largest absolute Gasteiger partial charge is 0.330 e. The second-order valence-corrected chi connectivity index (χ2v) is 7.27. The molecule has 6 nitrogen and oxygen atoms in total. The molecule has 3 aromatic rings. The summed E-state index contributed by atoms with van der Waals surface area (Å²) in [7, 11) is 1.94. The van der Waals surface area contributed by atoms with E-state index >= 15 is 0 Å². The van der Waals surface area contributed by atoms with Gasteiger partial charge in [0, 0.05) is 23.9 Å². The van der Waals surface area contributed by atoms with Crippen molar-refractivity contribution in [2.75, 3.05) is 6.54 Å². The summed E-state index contributed by atoms with van der Waals surface area (Å²) < 4.78 is 4.10. The number of aryl methyl sites for hydroxylation is 1. The third kappa shape index (κ3) is 2.09. The van der Waals surface area contributed by atoms with Crippen LogP contribution in [0.5, 0.6) is 0 Å². The summed E-state index contributed by atoms with van der Waals surface area (Å²) in [5, 5.41) is 10.1. The van der Waals surface area contributed by atoms with Gasteiger partial charge in [0.25, 0.3) is 0 Å². The van der Waals surface area contributed by atoms with Crippen molar-refractivity contribution >= 4 is 11.0 Å². The first kappa shape index (κ1) is 14.2. The van der Waals surface area contributed by atoms with Gasteiger partial charge in [0.1, 0.15) is 0 Å². The molecule has 24 heavy (non-hydrogen) atoms. The highest BCUT2D eigenvalue weighted by Gasteiger charge is 2.37. The molecular formula is C18H22N6. The summed E-state index contributed by atoms with van der Waals surface area (Å²) >= 11 is 0. The van der Waals surface area contributed by atoms with E-state index < -0.39 is 0 Å². The van der Waals surface area contributed by atoms with Gasteiger partial charge in [0.2, 0.25) is 0 Å². The van der Waals surface area contributed by atoms with E-state index in [1.54, 1.807) is 0 Å². The second-order valence-electron chi connectivity index (χ2n) is 7.27. The monoisotopic (exact) mass is 322 g/mol. The summed E-state index contributed by atoms with van der Waals surface area (Å²) in [4.78, 5) is 4.85. The Morgan fingerprint density at radius 1 is 1.17 bits per heavy atom. The molecule has 0 aliphatic heterocycles. The molecule has 5 rings (SSSR count). The molecule has 0 saturated heterocycles. The summed E-state index contributed by atoms with van der Waals surface area (Å²) in [5.41, 5.74) is 10.3. The zero-order valence-electron chi connectivity index (χ0n) is 13.9. The Morgan fingerprint density at radius 3 is 2.75 bits per heavy atom. The number of aromatic nitrogens is 5. The normalized spacial score (nSPS) is 23.6. The summed E-state index contributed by atoms with van der Waals surface area (Å²) in [5.74, 6) is 1.31. The lowest BCUT2D eigenvalue weighted by Crippen LogP contribution is -2.33. The second kappa shape index (κ2) is 5.14. The first-order chi connectivity index (χ1) is 11.7. The summed E-state index contributed by atoms with van der Waals surface area (Å²) in [6.07, 6.45) is 8.71. The third-order valence-corrected chi connectivity index (χ3v) is 5.55. The fourth-order valence-electron chi connectivity index (χ4n) is 3.89. The van der Waals surface area contributed by atoms with Gasteiger partial charge in [-0.3, -0.25) is 9.36 Å². The van der Waals surface area contributed by atoms with Crippen LogP contribution in [0.3, 0.4) is 0 Å². The number of hydrogen-bond donors (Lipinski definition) is 1. The Hall–Kier alpha value is -2.21. The lowest BCUT2D eigenvalue weighted by Gasteiger charge is -2.35. The smallest absolute Gasteiger partial charge is 0.158 e. The molecule has 0 radical (unpaired) electrons. The Morgan fingerprint density at radius 2 is 2.00 bits per heavy atom. The maximum atomic E-state index is 5.79. The number of nitrogens with two attached hydrogens (primary N) is 1. The molecule has 2 aliphatic carbocycles. The molecule has 0 aromatic carbocycles. The van der Waals surface area contributed by atoms with Gasteiger partial charge in [-0.25, -0.2) is 4.98 Å². The van der Waals surface area contributed by atoms with Gasteiger partial charge in [0.15, 0.2) is 5.65 Å². The Kier molecular flexibility index (Phi) is 3.03. The van der Waals surface area contributed by atoms with E-state index in [-0.39, 0.29) is 0 Å². The number of rotatable bonds is 4. The fraction of sp³-hybridized carbons (Fsp3) is 0.500. The fourth-order valence-corrected chi connectivity index (χ4v) is 3.89. The molecular weight excluding hydrogens is 300 g/mol. The van der Waals surface area contributed by atoms with Crippen LogP contribution in [0.1, 0.15) is 43.3 Å². The lowest BCUT2D eigenvalue weighted by atomic mass is 9.80. The van der Waals surface area contributed by atoms with Crippen LogP contribution in [-0.4, -0.2) is 31.1 Å². The van der Waals surface area contributed by atoms with Gasteiger partial charge in [-0.1, -0.05) is 0 Å². The van der Waals surface area contributed by atoms with E-state index in [2.05, 4.69) is 21.9 Å². The van der Waals surface area contributed by atoms with Crippen molar-refractivity contribution < 1.29 is 0 Å². The maximum absolute atomic E-state index is 5.79. The molecule has 0 spiro atoms. The van der Waals surface area contributed by atoms with E-state index in [4.69, 9.17) is 15.8 Å². The standard InChI is InChI=1S/C18H22N6/c1-23-18-13(9-20-23)4-5-16(22-18)15-10-21-24(17(15)12-2-3-12)14-6-11(7-14)8-19/h4-5,9-12,14H,2-3,6-8,19H2,1H3. The highest BCUT2D eigenvalue weighted by atomic mass is 15.3. The van der Waals surface area contributed by atoms with Crippen LogP contribution in [0.4, 0.5) is 0 Å². The molecule has 0 unspecified atom stereocenters. The minimum Gasteiger partial charge on any atom is -0.330 e. The minimum atomic E-state index is 0.517. The van der Waals surface area contributed by atoms with E-state index in [1.807, 2.05) is 24.1 Å². The molecule has 2 saturated carbocycles. The van der Waals surface area contributed by atoms with Gasteiger partial charge in [-0.05, 0) is 50.3 Å². The lowest BCUT2D eigenvalue weighted by molar-refractivity contribution is 0.186. The van der Waals surface area contributed by atoms with Crippen molar-refractivity contribution in [2.24, 2.45) is 18.7 Å². The van der Waals surface area contributed by atoms with Crippen molar-refractivity contribution in [2.45, 2.75) is 37.6 Å². The topological polar surface area (TPSA) is 74.5 Å². The summed E-state index contributed by atoms with van der Waals surface area (Å²) in [6, 6.07) is 4.72. The molecule has 0 atom stereocenters. The van der Waals surface area contributed by atoms with Crippen molar-refractivity contribution in [3.63, 3.8) is 0 Å². The van der Waals surface area contributed by atoms with Gasteiger partial charge in [0.05, 0.1) is 29.8 Å². The van der Waals surface area contributed by atoms with Crippen molar-refractivity contribution in [3.05, 3.63) is 30.2 Å². The average Bonchev–Trinajstić information content (AvgIpc) is 3.20. The van der Waals surface area contributed by atoms with Crippen LogP contribution < -0.4 is 5.73 Å². The van der Waals surface area contributed by atoms with Crippen LogP contribution in [0.15, 0.2) is 24.5 Å². The Bertz CT molecular complexity index is 898. The molecule has 6 heteroatoms. The zero-order chi connectivity index (χ0) is 16.3. The average molecular weight is 322 g/mol. The molecule has 124 valence electrons. The van der Waals surface area contributed by atoms with E-state index in [9.17, 15) is 0 Å². The highest BCUT2D eigenvalue weighted by Crippen LogP contribution is 2.48. The molecule has 2 fully saturated rings. The Labute approximate surface area is 140 Å². The van der Waals surface area contributed by atoms with Crippen molar-refractivity contribution in [3.8, 4) is 11.3 Å². The SMILES string of the molecule is Cn1ncc2ccc(-c3cnn(C4CC(CN)C4)c3C3CC3)nc21. The third-order valence-electron chi connectivity index (χ3n) is 5.55. The van der Waals surface area contributed by atoms with E-state index in [0.717, 1.165) is 36.1 Å². The maximum Gasteiger partial charge on any atom is 0.158 e. The first-order valence-corrected chi connectivity index (χ1v) is 8.81. The van der Waals surface area contributed by atoms with Crippen LogP contribution in [0.25, 0.3) is 22.3 Å². The van der Waals surface area contributed by atoms with E-state index in [1.165, 1.54) is 24.1 Å². The molecule has 2 N–H and O–H groups in total. The predicted octanol–water partition coefficient (Wildman–Crippen LogP) is 2.62. The molecule has 3 heterocycles. The molecule has 3 aromatic heterocycles. The quantitative estimate of drug-likeness (QED) is 0.801. The Balaban J connectivity index is 1.57. The number of hydrogen-bond acceptors (Lipinski definition) is 4. The van der Waals surface area contributed by atoms with Crippen LogP contribution in [0, 0.1) is 5.92 Å². The number of nitrogens with zero attached hydrogens (tertiary/aromatic N) is 5. The minimum absolute atomic E-state index is 0.517. The van der Waals surface area contributed by atoms with Crippen LogP contribution in [0.2, 0.25) is 0 Å². The van der Waals surface area contributed by atoms with Crippen molar-refractivity contribution in [1.82, 2.24) is 24.5 Å². The predicted molar refractivity (Wildman–Crippen MR) is 92.5 cm³/mol. The van der Waals surface area contributed by atoms with Crippen molar-refractivity contribution in [1.29, 1.82) is 0 Å².